The fraction of sp³-hybridized carbons (Fsp3) is 0.348. The molecule has 4 rings (SSSR count). The molecule has 3 atom stereocenters. The summed E-state index contributed by atoms with van der Waals surface area (Å²) in [5.74, 6) is 0.899. The first kappa shape index (κ1) is 18.0. The molecule has 1 aliphatic rings. The van der Waals surface area contributed by atoms with E-state index in [9.17, 15) is 0 Å². The molecular formula is C23H27N3O. The average molecular weight is 361 g/mol. The van der Waals surface area contributed by atoms with Crippen LogP contribution in [0.3, 0.4) is 0 Å². The molecule has 3 aromatic rings. The predicted molar refractivity (Wildman–Crippen MR) is 110 cm³/mol. The predicted octanol–water partition coefficient (Wildman–Crippen LogP) is 4.02. The van der Waals surface area contributed by atoms with Crippen molar-refractivity contribution in [3.63, 3.8) is 0 Å². The van der Waals surface area contributed by atoms with Gasteiger partial charge in [-0.1, -0.05) is 24.3 Å². The molecule has 0 radical (unpaired) electrons. The molecule has 0 bridgehead atoms. The number of aromatic nitrogens is 1. The number of fused-ring (bicyclic) bond motifs is 1. The van der Waals surface area contributed by atoms with Crippen molar-refractivity contribution >= 4 is 10.9 Å². The van der Waals surface area contributed by atoms with Crippen LogP contribution in [0, 0.1) is 0 Å². The van der Waals surface area contributed by atoms with Crippen LogP contribution < -0.4 is 10.1 Å². The molecule has 1 unspecified atom stereocenters. The van der Waals surface area contributed by atoms with Gasteiger partial charge in [0.2, 0.25) is 0 Å². The number of rotatable bonds is 4. The summed E-state index contributed by atoms with van der Waals surface area (Å²) in [6.45, 7) is 6.56. The van der Waals surface area contributed by atoms with Gasteiger partial charge in [0.15, 0.2) is 0 Å². The zero-order valence-corrected chi connectivity index (χ0v) is 16.2. The second-order valence-corrected chi connectivity index (χ2v) is 7.49. The minimum absolute atomic E-state index is 0.184. The molecule has 2 aromatic carbocycles. The number of nitrogens with zero attached hydrogens (tertiary/aromatic N) is 2. The average Bonchev–Trinajstić information content (AvgIpc) is 2.71. The summed E-state index contributed by atoms with van der Waals surface area (Å²) < 4.78 is 5.51. The lowest BCUT2D eigenvalue weighted by molar-refractivity contribution is 0.113. The molecule has 2 heterocycles. The van der Waals surface area contributed by atoms with Crippen LogP contribution in [-0.2, 0) is 0 Å². The molecule has 0 amide bonds. The highest BCUT2D eigenvalue weighted by Crippen LogP contribution is 2.34. The zero-order chi connectivity index (χ0) is 18.8. The Hall–Kier alpha value is -2.43. The van der Waals surface area contributed by atoms with Crippen LogP contribution >= 0.6 is 0 Å². The van der Waals surface area contributed by atoms with Crippen LogP contribution in [0.4, 0.5) is 0 Å². The Morgan fingerprint density at radius 1 is 1.07 bits per heavy atom. The third kappa shape index (κ3) is 3.68. The molecule has 140 valence electrons. The Bertz CT molecular complexity index is 926. The number of methoxy groups -OCH3 is 1. The number of ether oxygens (including phenoxy) is 1. The van der Waals surface area contributed by atoms with Crippen molar-refractivity contribution in [2.24, 2.45) is 0 Å². The molecule has 0 saturated carbocycles. The lowest BCUT2D eigenvalue weighted by Gasteiger charge is -2.43. The van der Waals surface area contributed by atoms with Gasteiger partial charge in [0.25, 0.3) is 0 Å². The fourth-order valence-corrected chi connectivity index (χ4v) is 4.06. The Morgan fingerprint density at radius 2 is 1.93 bits per heavy atom. The summed E-state index contributed by atoms with van der Waals surface area (Å²) in [6.07, 6.45) is 1.85. The molecular weight excluding hydrogens is 334 g/mol. The van der Waals surface area contributed by atoms with Crippen molar-refractivity contribution in [1.82, 2.24) is 15.2 Å². The second-order valence-electron chi connectivity index (χ2n) is 7.49. The van der Waals surface area contributed by atoms with E-state index >= 15 is 0 Å². The first-order valence-electron chi connectivity index (χ1n) is 9.63. The van der Waals surface area contributed by atoms with Crippen molar-refractivity contribution in [3.8, 4) is 5.75 Å². The summed E-state index contributed by atoms with van der Waals surface area (Å²) in [6, 6.07) is 20.3. The topological polar surface area (TPSA) is 37.4 Å². The first-order chi connectivity index (χ1) is 13.2. The van der Waals surface area contributed by atoms with E-state index in [1.807, 2.05) is 18.3 Å². The maximum Gasteiger partial charge on any atom is 0.119 e. The van der Waals surface area contributed by atoms with Crippen LogP contribution in [-0.4, -0.2) is 42.2 Å². The van der Waals surface area contributed by atoms with Crippen LogP contribution in [0.5, 0.6) is 5.75 Å². The molecule has 1 saturated heterocycles. The third-order valence-corrected chi connectivity index (χ3v) is 5.50. The van der Waals surface area contributed by atoms with E-state index in [-0.39, 0.29) is 6.04 Å². The van der Waals surface area contributed by atoms with E-state index < -0.39 is 0 Å². The van der Waals surface area contributed by atoms with E-state index in [1.54, 1.807) is 7.11 Å². The zero-order valence-electron chi connectivity index (χ0n) is 16.2. The van der Waals surface area contributed by atoms with Crippen molar-refractivity contribution < 1.29 is 4.74 Å². The number of hydrogen-bond acceptors (Lipinski definition) is 4. The highest BCUT2D eigenvalue weighted by atomic mass is 16.5. The van der Waals surface area contributed by atoms with Crippen molar-refractivity contribution in [2.45, 2.75) is 32.0 Å². The van der Waals surface area contributed by atoms with Crippen molar-refractivity contribution in [2.75, 3.05) is 20.2 Å². The molecule has 1 aromatic heterocycles. The van der Waals surface area contributed by atoms with Gasteiger partial charge in [-0.2, -0.15) is 0 Å². The van der Waals surface area contributed by atoms with Gasteiger partial charge in [-0.3, -0.25) is 9.88 Å². The van der Waals surface area contributed by atoms with Crippen LogP contribution in [0.15, 0.2) is 60.8 Å². The number of piperazine rings is 1. The largest absolute Gasteiger partial charge is 0.497 e. The molecule has 1 aliphatic heterocycles. The fourth-order valence-electron chi connectivity index (χ4n) is 4.06. The number of hydrogen-bond donors (Lipinski definition) is 1. The second kappa shape index (κ2) is 7.67. The Balaban J connectivity index is 1.83. The summed E-state index contributed by atoms with van der Waals surface area (Å²) in [5, 5.41) is 4.77. The third-order valence-electron chi connectivity index (χ3n) is 5.50. The van der Waals surface area contributed by atoms with E-state index in [1.165, 1.54) is 16.5 Å². The van der Waals surface area contributed by atoms with Gasteiger partial charge in [0.05, 0.1) is 18.7 Å². The molecule has 0 aliphatic carbocycles. The van der Waals surface area contributed by atoms with E-state index in [2.05, 4.69) is 71.5 Å². The molecule has 4 heteroatoms. The highest BCUT2D eigenvalue weighted by molar-refractivity contribution is 5.79. The molecule has 27 heavy (non-hydrogen) atoms. The summed E-state index contributed by atoms with van der Waals surface area (Å²) in [4.78, 5) is 7.08. The highest BCUT2D eigenvalue weighted by Gasteiger charge is 2.31. The maximum atomic E-state index is 5.51. The Morgan fingerprint density at radius 3 is 2.78 bits per heavy atom. The van der Waals surface area contributed by atoms with Crippen LogP contribution in [0.25, 0.3) is 10.9 Å². The van der Waals surface area contributed by atoms with E-state index in [0.29, 0.717) is 12.1 Å². The maximum absolute atomic E-state index is 5.51. The van der Waals surface area contributed by atoms with Gasteiger partial charge < -0.3 is 10.1 Å². The lowest BCUT2D eigenvalue weighted by atomic mass is 9.93. The van der Waals surface area contributed by atoms with Crippen molar-refractivity contribution in [3.05, 3.63) is 71.9 Å². The number of pyridine rings is 1. The number of nitrogens with one attached hydrogen (secondary N) is 1. The number of benzene rings is 2. The smallest absolute Gasteiger partial charge is 0.119 e. The Kier molecular flexibility index (Phi) is 5.10. The Labute approximate surface area is 161 Å². The summed E-state index contributed by atoms with van der Waals surface area (Å²) >= 11 is 0. The van der Waals surface area contributed by atoms with Gasteiger partial charge in [-0.05, 0) is 55.3 Å². The molecule has 1 fully saturated rings. The lowest BCUT2D eigenvalue weighted by Crippen LogP contribution is -2.55. The van der Waals surface area contributed by atoms with E-state index in [4.69, 9.17) is 4.74 Å². The molecule has 4 nitrogen and oxygen atoms in total. The van der Waals surface area contributed by atoms with Gasteiger partial charge in [-0.25, -0.2) is 0 Å². The van der Waals surface area contributed by atoms with Crippen molar-refractivity contribution in [1.29, 1.82) is 0 Å². The minimum atomic E-state index is 0.184. The monoisotopic (exact) mass is 361 g/mol. The summed E-state index contributed by atoms with van der Waals surface area (Å²) in [7, 11) is 1.73. The van der Waals surface area contributed by atoms with Gasteiger partial charge in [0, 0.05) is 36.8 Å². The quantitative estimate of drug-likeness (QED) is 0.762. The molecule has 1 N–H and O–H groups in total. The van der Waals surface area contributed by atoms with Gasteiger partial charge in [-0.15, -0.1) is 0 Å². The van der Waals surface area contributed by atoms with E-state index in [0.717, 1.165) is 24.4 Å². The van der Waals surface area contributed by atoms with Gasteiger partial charge >= 0.3 is 0 Å². The SMILES string of the molecule is COc1cccc(C(c2ccc3ncccc3c2)N2C[C@@H](C)NC[C@@H]2C)c1. The minimum Gasteiger partial charge on any atom is -0.497 e. The first-order valence-corrected chi connectivity index (χ1v) is 9.63. The van der Waals surface area contributed by atoms with Gasteiger partial charge in [0.1, 0.15) is 5.75 Å². The van der Waals surface area contributed by atoms with Crippen LogP contribution in [0.2, 0.25) is 0 Å². The van der Waals surface area contributed by atoms with Crippen LogP contribution in [0.1, 0.15) is 31.0 Å². The normalized spacial score (nSPS) is 21.9. The standard InChI is InChI=1S/C23H27N3O/c1-16-15-26(17(2)14-25-16)23(19-6-4-8-21(13-19)27-3)20-9-10-22-18(12-20)7-5-11-24-22/h4-13,16-17,23,25H,14-15H2,1-3H3/t16-,17+,23?/m1/s1. The summed E-state index contributed by atoms with van der Waals surface area (Å²) in [5.41, 5.74) is 3.59. The molecule has 0 spiro atoms.